The second-order valence-corrected chi connectivity index (χ2v) is 3.32. The Balaban J connectivity index is 2.56. The van der Waals surface area contributed by atoms with Crippen molar-refractivity contribution in [3.8, 4) is 5.75 Å². The fourth-order valence-corrected chi connectivity index (χ4v) is 1.13. The molecule has 0 saturated heterocycles. The van der Waals surface area contributed by atoms with Gasteiger partial charge in [-0.05, 0) is 30.7 Å². The first-order chi connectivity index (χ1) is 8.17. The van der Waals surface area contributed by atoms with E-state index in [0.29, 0.717) is 12.3 Å². The van der Waals surface area contributed by atoms with Crippen LogP contribution in [0.2, 0.25) is 0 Å². The molecule has 0 aliphatic carbocycles. The number of esters is 1. The van der Waals surface area contributed by atoms with Crippen molar-refractivity contribution < 1.29 is 19.1 Å². The maximum atomic E-state index is 11.2. The van der Waals surface area contributed by atoms with E-state index in [9.17, 15) is 9.59 Å². The van der Waals surface area contributed by atoms with Crippen LogP contribution in [0.5, 0.6) is 5.75 Å². The highest BCUT2D eigenvalue weighted by atomic mass is 16.5. The highest BCUT2D eigenvalue weighted by molar-refractivity contribution is 6.37. The summed E-state index contributed by atoms with van der Waals surface area (Å²) in [5.41, 5.74) is 0.518. The Labute approximate surface area is 99.7 Å². The molecule has 0 unspecified atom stereocenters. The molecule has 0 bridgehead atoms. The van der Waals surface area contributed by atoms with Gasteiger partial charge in [-0.2, -0.15) is 0 Å². The molecule has 1 aromatic carbocycles. The number of hydrogen-bond acceptors (Lipinski definition) is 4. The topological polar surface area (TPSA) is 64.6 Å². The minimum Gasteiger partial charge on any atom is -0.494 e. The van der Waals surface area contributed by atoms with Gasteiger partial charge < -0.3 is 14.8 Å². The van der Waals surface area contributed by atoms with E-state index in [1.54, 1.807) is 24.3 Å². The van der Waals surface area contributed by atoms with Crippen LogP contribution in [0.4, 0.5) is 5.69 Å². The second-order valence-electron chi connectivity index (χ2n) is 3.32. The monoisotopic (exact) mass is 237 g/mol. The van der Waals surface area contributed by atoms with Gasteiger partial charge in [0, 0.05) is 5.69 Å². The molecule has 1 N–H and O–H groups in total. The zero-order valence-corrected chi connectivity index (χ0v) is 9.86. The van der Waals surface area contributed by atoms with Crippen molar-refractivity contribution in [3.05, 3.63) is 24.3 Å². The minimum absolute atomic E-state index is 0.518. The summed E-state index contributed by atoms with van der Waals surface area (Å²) in [6, 6.07) is 6.77. The van der Waals surface area contributed by atoms with Gasteiger partial charge in [0.25, 0.3) is 0 Å². The number of carbonyl (C=O) groups excluding carboxylic acids is 2. The van der Waals surface area contributed by atoms with Gasteiger partial charge in [-0.1, -0.05) is 6.92 Å². The van der Waals surface area contributed by atoms with Crippen LogP contribution in [-0.4, -0.2) is 25.6 Å². The smallest absolute Gasteiger partial charge is 0.396 e. The lowest BCUT2D eigenvalue weighted by Crippen LogP contribution is -2.23. The maximum Gasteiger partial charge on any atom is 0.396 e. The van der Waals surface area contributed by atoms with E-state index in [1.807, 2.05) is 6.92 Å². The normalized spacial score (nSPS) is 9.53. The number of carbonyl (C=O) groups is 2. The summed E-state index contributed by atoms with van der Waals surface area (Å²) >= 11 is 0. The summed E-state index contributed by atoms with van der Waals surface area (Å²) in [6.45, 7) is 2.67. The quantitative estimate of drug-likeness (QED) is 0.638. The van der Waals surface area contributed by atoms with Gasteiger partial charge in [-0.25, -0.2) is 4.79 Å². The zero-order chi connectivity index (χ0) is 12.7. The van der Waals surface area contributed by atoms with Crippen molar-refractivity contribution >= 4 is 17.6 Å². The molecule has 0 aliphatic rings. The Morgan fingerprint density at radius 1 is 1.24 bits per heavy atom. The number of benzene rings is 1. The molecule has 0 fully saturated rings. The SMILES string of the molecule is CCCOc1ccc(NC(=O)C(=O)OC)cc1. The van der Waals surface area contributed by atoms with Crippen molar-refractivity contribution in [2.45, 2.75) is 13.3 Å². The first kappa shape index (κ1) is 13.0. The van der Waals surface area contributed by atoms with Crippen molar-refractivity contribution in [1.82, 2.24) is 0 Å². The Morgan fingerprint density at radius 2 is 1.88 bits per heavy atom. The molecular formula is C12H15NO4. The second kappa shape index (κ2) is 6.52. The lowest BCUT2D eigenvalue weighted by atomic mass is 10.3. The Kier molecular flexibility index (Phi) is 5.00. The molecule has 0 atom stereocenters. The Bertz CT molecular complexity index is 386. The highest BCUT2D eigenvalue weighted by Gasteiger charge is 2.13. The molecule has 1 rings (SSSR count). The number of methoxy groups -OCH3 is 1. The van der Waals surface area contributed by atoms with Crippen LogP contribution >= 0.6 is 0 Å². The molecule has 5 heteroatoms. The van der Waals surface area contributed by atoms with Gasteiger partial charge in [-0.3, -0.25) is 4.79 Å². The van der Waals surface area contributed by atoms with Crippen LogP contribution < -0.4 is 10.1 Å². The predicted molar refractivity (Wildman–Crippen MR) is 62.9 cm³/mol. The van der Waals surface area contributed by atoms with E-state index >= 15 is 0 Å². The Hall–Kier alpha value is -2.04. The standard InChI is InChI=1S/C12H15NO4/c1-3-8-17-10-6-4-9(5-7-10)13-11(14)12(15)16-2/h4-7H,3,8H2,1-2H3,(H,13,14). The molecule has 92 valence electrons. The minimum atomic E-state index is -0.920. The van der Waals surface area contributed by atoms with Crippen LogP contribution in [0.3, 0.4) is 0 Å². The molecule has 0 aliphatic heterocycles. The molecule has 0 saturated carbocycles. The van der Waals surface area contributed by atoms with Crippen molar-refractivity contribution in [1.29, 1.82) is 0 Å². The molecule has 0 aromatic heterocycles. The van der Waals surface area contributed by atoms with Crippen molar-refractivity contribution in [2.24, 2.45) is 0 Å². The fraction of sp³-hybridized carbons (Fsp3) is 0.333. The summed E-state index contributed by atoms with van der Waals surface area (Å²) in [4.78, 5) is 22.0. The summed E-state index contributed by atoms with van der Waals surface area (Å²) in [7, 11) is 1.16. The van der Waals surface area contributed by atoms with Gasteiger partial charge in [0.15, 0.2) is 0 Å². The van der Waals surface area contributed by atoms with Crippen LogP contribution in [0.25, 0.3) is 0 Å². The summed E-state index contributed by atoms with van der Waals surface area (Å²) in [5.74, 6) is -0.992. The average molecular weight is 237 g/mol. The van der Waals surface area contributed by atoms with Gasteiger partial charge in [-0.15, -0.1) is 0 Å². The molecule has 0 spiro atoms. The molecule has 17 heavy (non-hydrogen) atoms. The maximum absolute atomic E-state index is 11.2. The molecule has 0 heterocycles. The van der Waals surface area contributed by atoms with E-state index in [-0.39, 0.29) is 0 Å². The third-order valence-electron chi connectivity index (χ3n) is 1.96. The molecular weight excluding hydrogens is 222 g/mol. The van der Waals surface area contributed by atoms with Crippen molar-refractivity contribution in [3.63, 3.8) is 0 Å². The third kappa shape index (κ3) is 4.14. The molecule has 0 radical (unpaired) electrons. The van der Waals surface area contributed by atoms with E-state index in [0.717, 1.165) is 19.3 Å². The lowest BCUT2D eigenvalue weighted by molar-refractivity contribution is -0.150. The van der Waals surface area contributed by atoms with Crippen molar-refractivity contribution in [2.75, 3.05) is 19.0 Å². The average Bonchev–Trinajstić information content (AvgIpc) is 2.37. The fourth-order valence-electron chi connectivity index (χ4n) is 1.13. The van der Waals surface area contributed by atoms with E-state index in [2.05, 4.69) is 10.1 Å². The molecule has 1 amide bonds. The predicted octanol–water partition coefficient (Wildman–Crippen LogP) is 1.59. The molecule has 1 aromatic rings. The first-order valence-corrected chi connectivity index (χ1v) is 5.29. The first-order valence-electron chi connectivity index (χ1n) is 5.29. The summed E-state index contributed by atoms with van der Waals surface area (Å²) in [6.07, 6.45) is 0.931. The highest BCUT2D eigenvalue weighted by Crippen LogP contribution is 2.15. The van der Waals surface area contributed by atoms with Crippen LogP contribution in [0, 0.1) is 0 Å². The van der Waals surface area contributed by atoms with Gasteiger partial charge in [0.2, 0.25) is 0 Å². The van der Waals surface area contributed by atoms with Gasteiger partial charge in [0.05, 0.1) is 13.7 Å². The number of rotatable bonds is 4. The number of amides is 1. The van der Waals surface area contributed by atoms with Gasteiger partial charge >= 0.3 is 11.9 Å². The van der Waals surface area contributed by atoms with Crippen LogP contribution in [0.15, 0.2) is 24.3 Å². The molecule has 5 nitrogen and oxygen atoms in total. The zero-order valence-electron chi connectivity index (χ0n) is 9.86. The number of anilines is 1. The summed E-state index contributed by atoms with van der Waals surface area (Å²) < 4.78 is 9.66. The number of nitrogens with one attached hydrogen (secondary N) is 1. The lowest BCUT2D eigenvalue weighted by Gasteiger charge is -2.06. The summed E-state index contributed by atoms with van der Waals surface area (Å²) in [5, 5.41) is 2.41. The van der Waals surface area contributed by atoms with Crippen LogP contribution in [-0.2, 0) is 14.3 Å². The number of hydrogen-bond donors (Lipinski definition) is 1. The third-order valence-corrected chi connectivity index (χ3v) is 1.96. The van der Waals surface area contributed by atoms with Crippen LogP contribution in [0.1, 0.15) is 13.3 Å². The van der Waals surface area contributed by atoms with E-state index in [1.165, 1.54) is 0 Å². The van der Waals surface area contributed by atoms with Gasteiger partial charge in [0.1, 0.15) is 5.75 Å². The van der Waals surface area contributed by atoms with E-state index in [4.69, 9.17) is 4.74 Å². The number of ether oxygens (including phenoxy) is 2. The largest absolute Gasteiger partial charge is 0.494 e. The van der Waals surface area contributed by atoms with E-state index < -0.39 is 11.9 Å². The Morgan fingerprint density at radius 3 is 2.41 bits per heavy atom.